The molecule has 0 spiro atoms. The Hall–Kier alpha value is -1.98. The van der Waals surface area contributed by atoms with Gasteiger partial charge in [-0.1, -0.05) is 17.7 Å². The molecule has 0 aliphatic carbocycles. The molecule has 0 aliphatic rings. The van der Waals surface area contributed by atoms with E-state index in [0.717, 1.165) is 0 Å². The molecule has 6 heteroatoms. The van der Waals surface area contributed by atoms with Gasteiger partial charge in [0.2, 0.25) is 5.75 Å². The Morgan fingerprint density at radius 1 is 1.24 bits per heavy atom. The van der Waals surface area contributed by atoms with Crippen LogP contribution in [-0.2, 0) is 0 Å². The van der Waals surface area contributed by atoms with Gasteiger partial charge in [-0.05, 0) is 35.9 Å². The number of aromatic hydroxyl groups is 1. The van der Waals surface area contributed by atoms with Gasteiger partial charge in [0.1, 0.15) is 0 Å². The van der Waals surface area contributed by atoms with Crippen LogP contribution in [0.5, 0.6) is 17.2 Å². The van der Waals surface area contributed by atoms with Gasteiger partial charge in [0.05, 0.1) is 23.4 Å². The highest BCUT2D eigenvalue weighted by molar-refractivity contribution is 7.18. The quantitative estimate of drug-likeness (QED) is 0.666. The lowest BCUT2D eigenvalue weighted by molar-refractivity contribution is 0.105. The minimum Gasteiger partial charge on any atom is -0.502 e. The summed E-state index contributed by atoms with van der Waals surface area (Å²) in [5, 5.41) is 9.82. The fourth-order valence-corrected chi connectivity index (χ4v) is 2.67. The average Bonchev–Trinajstić information content (AvgIpc) is 2.92. The fourth-order valence-electron chi connectivity index (χ4n) is 1.71. The van der Waals surface area contributed by atoms with Gasteiger partial charge < -0.3 is 14.6 Å². The summed E-state index contributed by atoms with van der Waals surface area (Å²) in [5.41, 5.74) is 0.678. The van der Waals surface area contributed by atoms with Crippen molar-refractivity contribution in [2.45, 2.75) is 0 Å². The zero-order chi connectivity index (χ0) is 15.4. The van der Waals surface area contributed by atoms with Crippen LogP contribution < -0.4 is 9.47 Å². The molecule has 1 N–H and O–H groups in total. The second-order valence-electron chi connectivity index (χ2n) is 4.08. The number of carbonyl (C=O) groups excluding carboxylic acids is 1. The van der Waals surface area contributed by atoms with Crippen molar-refractivity contribution in [3.05, 3.63) is 45.1 Å². The highest BCUT2D eigenvalue weighted by atomic mass is 35.5. The lowest BCUT2D eigenvalue weighted by atomic mass is 10.1. The molecule has 0 atom stereocenters. The third-order valence-corrected chi connectivity index (χ3v) is 3.99. The van der Waals surface area contributed by atoms with Crippen molar-refractivity contribution in [2.75, 3.05) is 14.2 Å². The van der Waals surface area contributed by atoms with E-state index < -0.39 is 0 Å². The van der Waals surface area contributed by atoms with Crippen molar-refractivity contribution in [1.82, 2.24) is 0 Å². The van der Waals surface area contributed by atoms with Crippen LogP contribution in [0.3, 0.4) is 0 Å². The van der Waals surface area contributed by atoms with Crippen LogP contribution >= 0.6 is 22.9 Å². The van der Waals surface area contributed by atoms with Crippen molar-refractivity contribution in [2.24, 2.45) is 0 Å². The Morgan fingerprint density at radius 2 is 1.86 bits per heavy atom. The molecule has 0 fully saturated rings. The predicted octanol–water partition coefficient (Wildman–Crippen LogP) is 4.02. The number of ketones is 1. The molecule has 0 aliphatic heterocycles. The average molecular weight is 325 g/mol. The molecule has 4 nitrogen and oxygen atoms in total. The predicted molar refractivity (Wildman–Crippen MR) is 83.9 cm³/mol. The van der Waals surface area contributed by atoms with Gasteiger partial charge in [-0.25, -0.2) is 0 Å². The molecule has 2 aromatic rings. The number of halogens is 1. The van der Waals surface area contributed by atoms with E-state index >= 15 is 0 Å². The third kappa shape index (κ3) is 3.56. The SMILES string of the molecule is COc1cc(C=CC(=O)c2ccc(Cl)s2)cc(OC)c1O. The number of hydrogen-bond donors (Lipinski definition) is 1. The Labute approximate surface area is 131 Å². The third-order valence-electron chi connectivity index (χ3n) is 2.75. The van der Waals surface area contributed by atoms with Crippen LogP contribution in [0.4, 0.5) is 0 Å². The summed E-state index contributed by atoms with van der Waals surface area (Å²) in [7, 11) is 2.89. The van der Waals surface area contributed by atoms with Crippen molar-refractivity contribution >= 4 is 34.8 Å². The molecular formula is C15H13ClO4S. The summed E-state index contributed by atoms with van der Waals surface area (Å²) in [5.74, 6) is 0.340. The number of thiophene rings is 1. The zero-order valence-electron chi connectivity index (χ0n) is 11.4. The number of methoxy groups -OCH3 is 2. The van der Waals surface area contributed by atoms with E-state index in [4.69, 9.17) is 21.1 Å². The molecule has 0 saturated carbocycles. The Balaban J connectivity index is 2.26. The monoisotopic (exact) mass is 324 g/mol. The van der Waals surface area contributed by atoms with Gasteiger partial charge in [0.15, 0.2) is 17.3 Å². The molecule has 0 radical (unpaired) electrons. The van der Waals surface area contributed by atoms with Crippen molar-refractivity contribution in [3.8, 4) is 17.2 Å². The Kier molecular flexibility index (Phi) is 4.88. The van der Waals surface area contributed by atoms with E-state index in [1.54, 1.807) is 30.3 Å². The van der Waals surface area contributed by atoms with Crippen LogP contribution in [0.1, 0.15) is 15.2 Å². The van der Waals surface area contributed by atoms with Crippen molar-refractivity contribution in [3.63, 3.8) is 0 Å². The van der Waals surface area contributed by atoms with Crippen LogP contribution in [0.2, 0.25) is 4.34 Å². The summed E-state index contributed by atoms with van der Waals surface area (Å²) in [6, 6.07) is 6.59. The van der Waals surface area contributed by atoms with E-state index in [0.29, 0.717) is 14.8 Å². The van der Waals surface area contributed by atoms with Gasteiger partial charge in [-0.2, -0.15) is 0 Å². The maximum Gasteiger partial charge on any atom is 0.200 e. The van der Waals surface area contributed by atoms with E-state index in [-0.39, 0.29) is 23.0 Å². The second kappa shape index (κ2) is 6.65. The molecule has 2 rings (SSSR count). The standard InChI is InChI=1S/C15H13ClO4S/c1-19-11-7-9(8-12(20-2)15(11)18)3-4-10(17)13-5-6-14(16)21-13/h3-8,18H,1-2H3. The first-order valence-electron chi connectivity index (χ1n) is 5.98. The highest BCUT2D eigenvalue weighted by Crippen LogP contribution is 2.37. The lowest BCUT2D eigenvalue weighted by Gasteiger charge is -2.09. The maximum absolute atomic E-state index is 12.0. The first kappa shape index (κ1) is 15.4. The molecule has 0 unspecified atom stereocenters. The minimum absolute atomic E-state index is 0.0754. The summed E-state index contributed by atoms with van der Waals surface area (Å²) >= 11 is 7.02. The van der Waals surface area contributed by atoms with E-state index in [1.807, 2.05) is 0 Å². The number of benzene rings is 1. The van der Waals surface area contributed by atoms with Crippen LogP contribution in [0, 0.1) is 0 Å². The first-order valence-corrected chi connectivity index (χ1v) is 7.17. The smallest absolute Gasteiger partial charge is 0.200 e. The summed E-state index contributed by atoms with van der Waals surface area (Å²) in [4.78, 5) is 12.5. The molecule has 1 aromatic carbocycles. The van der Waals surface area contributed by atoms with Crippen LogP contribution in [0.25, 0.3) is 6.08 Å². The van der Waals surface area contributed by atoms with Crippen LogP contribution in [0.15, 0.2) is 30.3 Å². The maximum atomic E-state index is 12.0. The van der Waals surface area contributed by atoms with E-state index in [2.05, 4.69) is 0 Å². The number of rotatable bonds is 5. The minimum atomic E-state index is -0.141. The van der Waals surface area contributed by atoms with Gasteiger partial charge in [-0.15, -0.1) is 11.3 Å². The van der Waals surface area contributed by atoms with Crippen molar-refractivity contribution < 1.29 is 19.4 Å². The number of allylic oxidation sites excluding steroid dienone is 1. The molecule has 110 valence electrons. The molecule has 0 amide bonds. The topological polar surface area (TPSA) is 55.8 Å². The number of ether oxygens (including phenoxy) is 2. The number of phenolic OH excluding ortho intramolecular Hbond substituents is 1. The van der Waals surface area contributed by atoms with Crippen molar-refractivity contribution in [1.29, 1.82) is 0 Å². The largest absolute Gasteiger partial charge is 0.502 e. The van der Waals surface area contributed by atoms with Gasteiger partial charge >= 0.3 is 0 Å². The molecule has 21 heavy (non-hydrogen) atoms. The molecule has 1 heterocycles. The molecular weight excluding hydrogens is 312 g/mol. The Morgan fingerprint density at radius 3 is 2.33 bits per heavy atom. The van der Waals surface area contributed by atoms with E-state index in [1.165, 1.54) is 31.6 Å². The Bertz CT molecular complexity index is 666. The zero-order valence-corrected chi connectivity index (χ0v) is 13.0. The van der Waals surface area contributed by atoms with E-state index in [9.17, 15) is 9.90 Å². The molecule has 1 aromatic heterocycles. The van der Waals surface area contributed by atoms with Gasteiger partial charge in [0.25, 0.3) is 0 Å². The van der Waals surface area contributed by atoms with Gasteiger partial charge in [-0.3, -0.25) is 4.79 Å². The number of carbonyl (C=O) groups is 1. The normalized spacial score (nSPS) is 10.8. The molecule has 0 bridgehead atoms. The second-order valence-corrected chi connectivity index (χ2v) is 5.79. The first-order chi connectivity index (χ1) is 10.0. The lowest BCUT2D eigenvalue weighted by Crippen LogP contribution is -1.91. The summed E-state index contributed by atoms with van der Waals surface area (Å²) < 4.78 is 10.7. The highest BCUT2D eigenvalue weighted by Gasteiger charge is 2.10. The van der Waals surface area contributed by atoms with Crippen LogP contribution in [-0.4, -0.2) is 25.1 Å². The summed E-state index contributed by atoms with van der Waals surface area (Å²) in [6.07, 6.45) is 3.06. The van der Waals surface area contributed by atoms with Gasteiger partial charge in [0, 0.05) is 0 Å². The number of hydrogen-bond acceptors (Lipinski definition) is 5. The fraction of sp³-hybridized carbons (Fsp3) is 0.133. The number of phenols is 1. The summed E-state index contributed by atoms with van der Waals surface area (Å²) in [6.45, 7) is 0. The molecule has 0 saturated heterocycles.